The molecule has 0 radical (unpaired) electrons. The second-order valence-corrected chi connectivity index (χ2v) is 6.31. The largest absolute Gasteiger partial charge is 0.339 e. The van der Waals surface area contributed by atoms with Crippen LogP contribution >= 0.6 is 11.3 Å². The van der Waals surface area contributed by atoms with Crippen LogP contribution in [0.25, 0.3) is 6.08 Å². The molecule has 1 aromatic rings. The van der Waals surface area contributed by atoms with Crippen molar-refractivity contribution in [1.29, 1.82) is 0 Å². The van der Waals surface area contributed by atoms with Crippen LogP contribution in [0.2, 0.25) is 0 Å². The first-order valence-electron chi connectivity index (χ1n) is 7.25. The fourth-order valence-corrected chi connectivity index (χ4v) is 3.41. The van der Waals surface area contributed by atoms with Gasteiger partial charge in [-0.25, -0.2) is 4.79 Å². The number of piperidine rings is 1. The van der Waals surface area contributed by atoms with Gasteiger partial charge in [0.1, 0.15) is 0 Å². The predicted octanol–water partition coefficient (Wildman–Crippen LogP) is 1.30. The highest BCUT2D eigenvalue weighted by atomic mass is 32.1. The minimum absolute atomic E-state index is 0.0240. The van der Waals surface area contributed by atoms with Crippen LogP contribution in [0.1, 0.15) is 17.7 Å². The second kappa shape index (κ2) is 6.31. The summed E-state index contributed by atoms with van der Waals surface area (Å²) in [6.45, 7) is 1.21. The standard InChI is InChI=1S/C15H17N3O3S/c19-13(4-3-12-2-1-9-22-12)17-7-5-11(6-8-17)18-14(20)10-16-15(18)21/h1-4,9,11H,5-8,10H2,(H,16,21)/b4-3+. The third kappa shape index (κ3) is 3.04. The maximum atomic E-state index is 12.1. The zero-order chi connectivity index (χ0) is 15.5. The maximum Gasteiger partial charge on any atom is 0.324 e. The molecule has 2 aliphatic heterocycles. The molecule has 7 heteroatoms. The molecule has 0 aliphatic carbocycles. The third-order valence-corrected chi connectivity index (χ3v) is 4.79. The number of nitrogens with zero attached hydrogens (tertiary/aromatic N) is 2. The Hall–Kier alpha value is -2.15. The Kier molecular flexibility index (Phi) is 4.24. The highest BCUT2D eigenvalue weighted by Gasteiger charge is 2.36. The van der Waals surface area contributed by atoms with Gasteiger partial charge < -0.3 is 10.2 Å². The Morgan fingerprint density at radius 3 is 2.68 bits per heavy atom. The van der Waals surface area contributed by atoms with Crippen LogP contribution in [0.4, 0.5) is 4.79 Å². The van der Waals surface area contributed by atoms with Crippen LogP contribution in [0, 0.1) is 0 Å². The van der Waals surface area contributed by atoms with Crippen molar-refractivity contribution in [2.24, 2.45) is 0 Å². The summed E-state index contributed by atoms with van der Waals surface area (Å²) in [5.74, 6) is -0.198. The zero-order valence-corrected chi connectivity index (χ0v) is 12.8. The number of carbonyl (C=O) groups excluding carboxylic acids is 3. The van der Waals surface area contributed by atoms with Crippen molar-refractivity contribution < 1.29 is 14.4 Å². The van der Waals surface area contributed by atoms with E-state index in [4.69, 9.17) is 0 Å². The molecule has 0 aromatic carbocycles. The third-order valence-electron chi connectivity index (χ3n) is 3.95. The maximum absolute atomic E-state index is 12.1. The lowest BCUT2D eigenvalue weighted by Gasteiger charge is -2.34. The van der Waals surface area contributed by atoms with Crippen molar-refractivity contribution in [3.8, 4) is 0 Å². The van der Waals surface area contributed by atoms with E-state index in [9.17, 15) is 14.4 Å². The van der Waals surface area contributed by atoms with Crippen molar-refractivity contribution >= 4 is 35.3 Å². The Balaban J connectivity index is 1.54. The van der Waals surface area contributed by atoms with Gasteiger partial charge in [0.05, 0.1) is 6.54 Å². The van der Waals surface area contributed by atoms with Crippen LogP contribution in [0.3, 0.4) is 0 Å². The first kappa shape index (κ1) is 14.8. The van der Waals surface area contributed by atoms with E-state index in [2.05, 4.69) is 5.32 Å². The summed E-state index contributed by atoms with van der Waals surface area (Å²) >= 11 is 1.58. The fraction of sp³-hybridized carbons (Fsp3) is 0.400. The van der Waals surface area contributed by atoms with Gasteiger partial charge in [-0.3, -0.25) is 14.5 Å². The average molecular weight is 319 g/mol. The Labute approximate surface area is 132 Å². The number of urea groups is 1. The minimum atomic E-state index is -0.313. The highest BCUT2D eigenvalue weighted by Crippen LogP contribution is 2.19. The van der Waals surface area contributed by atoms with Gasteiger partial charge in [-0.2, -0.15) is 0 Å². The van der Waals surface area contributed by atoms with E-state index in [-0.39, 0.29) is 30.4 Å². The summed E-state index contributed by atoms with van der Waals surface area (Å²) in [6.07, 6.45) is 4.67. The molecule has 3 rings (SSSR count). The van der Waals surface area contributed by atoms with Crippen LogP contribution in [0.15, 0.2) is 23.6 Å². The highest BCUT2D eigenvalue weighted by molar-refractivity contribution is 7.10. The summed E-state index contributed by atoms with van der Waals surface area (Å²) in [5, 5.41) is 4.50. The number of rotatable bonds is 3. The van der Waals surface area contributed by atoms with Gasteiger partial charge in [0.15, 0.2) is 0 Å². The van der Waals surface area contributed by atoms with Gasteiger partial charge in [0, 0.05) is 30.1 Å². The SMILES string of the molecule is O=C(/C=C/c1cccs1)N1CCC(N2C(=O)CNC2=O)CC1. The van der Waals surface area contributed by atoms with Crippen molar-refractivity contribution in [3.63, 3.8) is 0 Å². The van der Waals surface area contributed by atoms with E-state index < -0.39 is 0 Å². The number of hydrogen-bond acceptors (Lipinski definition) is 4. The smallest absolute Gasteiger partial charge is 0.324 e. The lowest BCUT2D eigenvalue weighted by molar-refractivity contribution is -0.129. The van der Waals surface area contributed by atoms with E-state index in [1.807, 2.05) is 23.6 Å². The molecule has 116 valence electrons. The fourth-order valence-electron chi connectivity index (χ4n) is 2.79. The van der Waals surface area contributed by atoms with Crippen LogP contribution in [-0.4, -0.2) is 53.3 Å². The molecule has 0 spiro atoms. The Bertz CT molecular complexity index is 588. The van der Waals surface area contributed by atoms with Gasteiger partial charge in [-0.1, -0.05) is 6.07 Å². The topological polar surface area (TPSA) is 69.7 Å². The molecule has 4 amide bonds. The van der Waals surface area contributed by atoms with Crippen molar-refractivity contribution in [3.05, 3.63) is 28.5 Å². The molecule has 1 N–H and O–H groups in total. The molecule has 2 saturated heterocycles. The lowest BCUT2D eigenvalue weighted by atomic mass is 10.0. The number of amides is 4. The number of carbonyl (C=O) groups is 3. The summed E-state index contributed by atoms with van der Waals surface area (Å²) < 4.78 is 0. The van der Waals surface area contributed by atoms with E-state index in [0.29, 0.717) is 25.9 Å². The lowest BCUT2D eigenvalue weighted by Crippen LogP contribution is -2.48. The molecule has 0 saturated carbocycles. The summed E-state index contributed by atoms with van der Waals surface area (Å²) in [5.41, 5.74) is 0. The van der Waals surface area contributed by atoms with E-state index in [1.165, 1.54) is 4.90 Å². The molecule has 0 atom stereocenters. The quantitative estimate of drug-likeness (QED) is 0.674. The van der Waals surface area contributed by atoms with Crippen LogP contribution in [0.5, 0.6) is 0 Å². The zero-order valence-electron chi connectivity index (χ0n) is 12.0. The van der Waals surface area contributed by atoms with Crippen molar-refractivity contribution in [2.75, 3.05) is 19.6 Å². The molecule has 3 heterocycles. The van der Waals surface area contributed by atoms with E-state index in [0.717, 1.165) is 4.88 Å². The molecule has 2 fully saturated rings. The number of thiophene rings is 1. The normalized spacial score (nSPS) is 20.0. The predicted molar refractivity (Wildman–Crippen MR) is 83.2 cm³/mol. The number of likely N-dealkylation sites (tertiary alicyclic amines) is 1. The summed E-state index contributed by atoms with van der Waals surface area (Å²) in [6, 6.07) is 3.49. The molecule has 1 aromatic heterocycles. The minimum Gasteiger partial charge on any atom is -0.339 e. The molecule has 6 nitrogen and oxygen atoms in total. The van der Waals surface area contributed by atoms with Gasteiger partial charge in [0.25, 0.3) is 0 Å². The van der Waals surface area contributed by atoms with Gasteiger partial charge >= 0.3 is 6.03 Å². The van der Waals surface area contributed by atoms with Gasteiger partial charge in [-0.15, -0.1) is 11.3 Å². The molecule has 0 unspecified atom stereocenters. The number of hydrogen-bond donors (Lipinski definition) is 1. The molecule has 22 heavy (non-hydrogen) atoms. The van der Waals surface area contributed by atoms with Gasteiger partial charge in [-0.05, 0) is 30.4 Å². The average Bonchev–Trinajstić information content (AvgIpc) is 3.15. The molecule has 2 aliphatic rings. The van der Waals surface area contributed by atoms with Crippen LogP contribution < -0.4 is 5.32 Å². The molecule has 0 bridgehead atoms. The summed E-state index contributed by atoms with van der Waals surface area (Å²) in [7, 11) is 0. The van der Waals surface area contributed by atoms with Crippen LogP contribution in [-0.2, 0) is 9.59 Å². The van der Waals surface area contributed by atoms with Crippen molar-refractivity contribution in [1.82, 2.24) is 15.1 Å². The van der Waals surface area contributed by atoms with Gasteiger partial charge in [0.2, 0.25) is 11.8 Å². The molecular weight excluding hydrogens is 302 g/mol. The second-order valence-electron chi connectivity index (χ2n) is 5.33. The van der Waals surface area contributed by atoms with Crippen molar-refractivity contribution in [2.45, 2.75) is 18.9 Å². The first-order valence-corrected chi connectivity index (χ1v) is 8.13. The Morgan fingerprint density at radius 1 is 1.32 bits per heavy atom. The number of nitrogens with one attached hydrogen (secondary N) is 1. The Morgan fingerprint density at radius 2 is 2.09 bits per heavy atom. The monoisotopic (exact) mass is 319 g/mol. The van der Waals surface area contributed by atoms with E-state index >= 15 is 0 Å². The summed E-state index contributed by atoms with van der Waals surface area (Å²) in [4.78, 5) is 39.6. The first-order chi connectivity index (χ1) is 10.6. The van der Waals surface area contributed by atoms with E-state index in [1.54, 1.807) is 22.3 Å². The number of imide groups is 1. The molecular formula is C15H17N3O3S.